The fraction of sp³-hybridized carbons (Fsp3) is 0.500. The van der Waals surface area contributed by atoms with Crippen LogP contribution in [0.15, 0.2) is 34.7 Å². The minimum Gasteiger partial charge on any atom is -0.419 e. The molecular formula is C16H22N4O. The van der Waals surface area contributed by atoms with E-state index in [1.807, 2.05) is 30.3 Å². The Labute approximate surface area is 125 Å². The van der Waals surface area contributed by atoms with Gasteiger partial charge in [-0.3, -0.25) is 4.90 Å². The average molecular weight is 286 g/mol. The van der Waals surface area contributed by atoms with Crippen LogP contribution >= 0.6 is 0 Å². The predicted octanol–water partition coefficient (Wildman–Crippen LogP) is 2.44. The van der Waals surface area contributed by atoms with E-state index in [0.29, 0.717) is 30.4 Å². The number of hydrogen-bond acceptors (Lipinski definition) is 5. The first-order valence-electron chi connectivity index (χ1n) is 7.56. The van der Waals surface area contributed by atoms with E-state index in [-0.39, 0.29) is 0 Å². The summed E-state index contributed by atoms with van der Waals surface area (Å²) in [6, 6.07) is 10.8. The Kier molecular flexibility index (Phi) is 4.31. The monoisotopic (exact) mass is 286 g/mol. The molecule has 1 heterocycles. The van der Waals surface area contributed by atoms with Crippen molar-refractivity contribution < 1.29 is 4.42 Å². The summed E-state index contributed by atoms with van der Waals surface area (Å²) in [7, 11) is 2.12. The van der Waals surface area contributed by atoms with Crippen molar-refractivity contribution in [2.45, 2.75) is 44.3 Å². The molecule has 112 valence electrons. The topological polar surface area (TPSA) is 68.2 Å². The molecule has 0 amide bonds. The van der Waals surface area contributed by atoms with Gasteiger partial charge in [-0.15, -0.1) is 10.2 Å². The highest BCUT2D eigenvalue weighted by Gasteiger charge is 2.23. The van der Waals surface area contributed by atoms with E-state index < -0.39 is 0 Å². The smallest absolute Gasteiger partial charge is 0.247 e. The van der Waals surface area contributed by atoms with Crippen LogP contribution in [0, 0.1) is 0 Å². The predicted molar refractivity (Wildman–Crippen MR) is 81.4 cm³/mol. The zero-order chi connectivity index (χ0) is 14.7. The molecular weight excluding hydrogens is 264 g/mol. The van der Waals surface area contributed by atoms with E-state index in [1.54, 1.807) is 0 Å². The maximum Gasteiger partial charge on any atom is 0.247 e. The molecule has 0 bridgehead atoms. The lowest BCUT2D eigenvalue weighted by Gasteiger charge is -2.32. The molecule has 0 spiro atoms. The first-order valence-corrected chi connectivity index (χ1v) is 7.56. The molecule has 1 fully saturated rings. The van der Waals surface area contributed by atoms with Gasteiger partial charge in [-0.1, -0.05) is 18.2 Å². The van der Waals surface area contributed by atoms with Crippen molar-refractivity contribution in [2.24, 2.45) is 5.73 Å². The molecule has 0 aliphatic heterocycles. The summed E-state index contributed by atoms with van der Waals surface area (Å²) in [6.45, 7) is 0.694. The molecule has 1 aromatic carbocycles. The van der Waals surface area contributed by atoms with Crippen LogP contribution in [0.1, 0.15) is 31.6 Å². The van der Waals surface area contributed by atoms with E-state index >= 15 is 0 Å². The summed E-state index contributed by atoms with van der Waals surface area (Å²) in [6.07, 6.45) is 4.51. The second kappa shape index (κ2) is 6.37. The quantitative estimate of drug-likeness (QED) is 0.935. The first-order chi connectivity index (χ1) is 10.2. The molecule has 1 aliphatic rings. The van der Waals surface area contributed by atoms with Gasteiger partial charge >= 0.3 is 0 Å². The zero-order valence-corrected chi connectivity index (χ0v) is 12.4. The fourth-order valence-electron chi connectivity index (χ4n) is 2.90. The van der Waals surface area contributed by atoms with Gasteiger partial charge in [0.2, 0.25) is 11.8 Å². The van der Waals surface area contributed by atoms with Gasteiger partial charge in [-0.25, -0.2) is 0 Å². The van der Waals surface area contributed by atoms with Gasteiger partial charge in [0.25, 0.3) is 0 Å². The van der Waals surface area contributed by atoms with E-state index in [1.165, 1.54) is 0 Å². The Morgan fingerprint density at radius 1 is 1.14 bits per heavy atom. The third kappa shape index (κ3) is 3.49. The molecule has 0 saturated heterocycles. The molecule has 5 heteroatoms. The molecule has 21 heavy (non-hydrogen) atoms. The summed E-state index contributed by atoms with van der Waals surface area (Å²) in [5.41, 5.74) is 6.92. The summed E-state index contributed by atoms with van der Waals surface area (Å²) in [5.74, 6) is 1.26. The van der Waals surface area contributed by atoms with Crippen molar-refractivity contribution in [1.82, 2.24) is 15.1 Å². The Morgan fingerprint density at radius 2 is 1.86 bits per heavy atom. The van der Waals surface area contributed by atoms with Gasteiger partial charge in [0.15, 0.2) is 0 Å². The second-order valence-electron chi connectivity index (χ2n) is 5.85. The van der Waals surface area contributed by atoms with Crippen LogP contribution in [0.25, 0.3) is 11.5 Å². The number of benzene rings is 1. The van der Waals surface area contributed by atoms with Gasteiger partial charge in [0.1, 0.15) is 0 Å². The van der Waals surface area contributed by atoms with E-state index in [0.717, 1.165) is 31.2 Å². The van der Waals surface area contributed by atoms with Crippen molar-refractivity contribution >= 4 is 0 Å². The van der Waals surface area contributed by atoms with Crippen molar-refractivity contribution in [2.75, 3.05) is 7.05 Å². The molecule has 0 atom stereocenters. The van der Waals surface area contributed by atoms with Crippen molar-refractivity contribution in [3.63, 3.8) is 0 Å². The van der Waals surface area contributed by atoms with Gasteiger partial charge in [0.05, 0.1) is 6.54 Å². The van der Waals surface area contributed by atoms with Crippen LogP contribution in [-0.2, 0) is 6.54 Å². The third-order valence-corrected chi connectivity index (χ3v) is 4.24. The van der Waals surface area contributed by atoms with Crippen LogP contribution in [0.3, 0.4) is 0 Å². The number of rotatable bonds is 4. The Balaban J connectivity index is 1.62. The molecule has 0 unspecified atom stereocenters. The van der Waals surface area contributed by atoms with Crippen molar-refractivity contribution in [1.29, 1.82) is 0 Å². The average Bonchev–Trinajstić information content (AvgIpc) is 2.97. The second-order valence-corrected chi connectivity index (χ2v) is 5.85. The number of aromatic nitrogens is 2. The lowest BCUT2D eigenvalue weighted by molar-refractivity contribution is 0.163. The summed E-state index contributed by atoms with van der Waals surface area (Å²) < 4.78 is 5.76. The molecule has 5 nitrogen and oxygen atoms in total. The normalized spacial score (nSPS) is 22.6. The Morgan fingerprint density at radius 3 is 2.57 bits per heavy atom. The van der Waals surface area contributed by atoms with Crippen molar-refractivity contribution in [3.05, 3.63) is 36.2 Å². The van der Waals surface area contributed by atoms with Gasteiger partial charge < -0.3 is 10.2 Å². The van der Waals surface area contributed by atoms with Gasteiger partial charge in [-0.2, -0.15) is 0 Å². The molecule has 2 N–H and O–H groups in total. The van der Waals surface area contributed by atoms with E-state index in [9.17, 15) is 0 Å². The van der Waals surface area contributed by atoms with Crippen LogP contribution in [0.4, 0.5) is 0 Å². The van der Waals surface area contributed by atoms with Gasteiger partial charge in [0, 0.05) is 17.6 Å². The summed E-state index contributed by atoms with van der Waals surface area (Å²) >= 11 is 0. The molecule has 3 rings (SSSR count). The van der Waals surface area contributed by atoms with Crippen LogP contribution in [0.5, 0.6) is 0 Å². The maximum absolute atomic E-state index is 5.96. The largest absolute Gasteiger partial charge is 0.419 e. The highest BCUT2D eigenvalue weighted by Crippen LogP contribution is 2.23. The van der Waals surface area contributed by atoms with Crippen molar-refractivity contribution in [3.8, 4) is 11.5 Å². The lowest BCUT2D eigenvalue weighted by atomic mass is 9.91. The molecule has 0 radical (unpaired) electrons. The highest BCUT2D eigenvalue weighted by atomic mass is 16.4. The highest BCUT2D eigenvalue weighted by molar-refractivity contribution is 5.51. The first kappa shape index (κ1) is 14.2. The molecule has 1 saturated carbocycles. The summed E-state index contributed by atoms with van der Waals surface area (Å²) in [4.78, 5) is 2.30. The Hall–Kier alpha value is -1.72. The van der Waals surface area contributed by atoms with Crippen LogP contribution < -0.4 is 5.73 Å². The standard InChI is InChI=1S/C16H22N4O/c1-20(14-9-7-13(17)8-10-14)11-15-18-19-16(21-15)12-5-3-2-4-6-12/h2-6,13-14H,7-11,17H2,1H3. The molecule has 1 aliphatic carbocycles. The SMILES string of the molecule is CN(Cc1nnc(-c2ccccc2)o1)C1CCC(N)CC1. The van der Waals surface area contributed by atoms with E-state index in [4.69, 9.17) is 10.2 Å². The van der Waals surface area contributed by atoms with Crippen LogP contribution in [0.2, 0.25) is 0 Å². The minimum absolute atomic E-state index is 0.378. The molecule has 2 aromatic rings. The maximum atomic E-state index is 5.96. The fourth-order valence-corrected chi connectivity index (χ4v) is 2.90. The van der Waals surface area contributed by atoms with Gasteiger partial charge in [-0.05, 0) is 44.9 Å². The lowest BCUT2D eigenvalue weighted by Crippen LogP contribution is -2.38. The molecule has 1 aromatic heterocycles. The zero-order valence-electron chi connectivity index (χ0n) is 12.4. The third-order valence-electron chi connectivity index (χ3n) is 4.24. The van der Waals surface area contributed by atoms with Crippen LogP contribution in [-0.4, -0.2) is 34.2 Å². The summed E-state index contributed by atoms with van der Waals surface area (Å²) in [5, 5.41) is 8.29. The van der Waals surface area contributed by atoms with E-state index in [2.05, 4.69) is 22.1 Å². The number of nitrogens with zero attached hydrogens (tertiary/aromatic N) is 3. The number of nitrogens with two attached hydrogens (primary N) is 1. The minimum atomic E-state index is 0.378. The number of hydrogen-bond donors (Lipinski definition) is 1. The Bertz CT molecular complexity index is 561.